The van der Waals surface area contributed by atoms with Gasteiger partial charge in [-0.25, -0.2) is 0 Å². The van der Waals surface area contributed by atoms with Crippen molar-refractivity contribution in [3.05, 3.63) is 25.6 Å². The molecule has 1 aliphatic rings. The maximum Gasteiger partial charge on any atom is 0.426 e. The normalized spacial score (nSPS) is 20.7. The van der Waals surface area contributed by atoms with E-state index in [9.17, 15) is 31.2 Å². The fraction of sp³-hybridized carbons (Fsp3) is 0.529. The Bertz CT molecular complexity index is 930. The molecule has 3 atom stereocenters. The van der Waals surface area contributed by atoms with Crippen LogP contribution in [0, 0.1) is 11.8 Å². The third-order valence-corrected chi connectivity index (χ3v) is 6.88. The topological polar surface area (TPSA) is 107 Å². The van der Waals surface area contributed by atoms with E-state index in [1.165, 1.54) is 0 Å². The van der Waals surface area contributed by atoms with Gasteiger partial charge in [0.15, 0.2) is 5.75 Å². The average Bonchev–Trinajstić information content (AvgIpc) is 2.62. The molecule has 14 heteroatoms. The monoisotopic (exact) mass is 658 g/mol. The van der Waals surface area contributed by atoms with E-state index in [1.807, 2.05) is 0 Å². The van der Waals surface area contributed by atoms with Crippen molar-refractivity contribution in [2.24, 2.45) is 11.8 Å². The molecule has 3 unspecified atom stereocenters. The average molecular weight is 661 g/mol. The van der Waals surface area contributed by atoms with E-state index in [1.54, 1.807) is 12.1 Å². The first-order valence-electron chi connectivity index (χ1n) is 8.77. The lowest BCUT2D eigenvalue weighted by molar-refractivity contribution is -0.219. The van der Waals surface area contributed by atoms with Gasteiger partial charge in [-0.3, -0.25) is 14.1 Å². The highest BCUT2D eigenvalue weighted by molar-refractivity contribution is 9.11. The zero-order chi connectivity index (χ0) is 23.6. The second-order valence-electron chi connectivity index (χ2n) is 6.83. The van der Waals surface area contributed by atoms with Crippen molar-refractivity contribution in [3.8, 4) is 5.75 Å². The first-order valence-corrected chi connectivity index (χ1v) is 12.8. The van der Waals surface area contributed by atoms with Crippen LogP contribution in [0.2, 0.25) is 0 Å². The van der Waals surface area contributed by atoms with Crippen molar-refractivity contribution in [3.63, 3.8) is 0 Å². The molecule has 0 spiro atoms. The maximum atomic E-state index is 13.1. The number of hydrogen-bond acceptors (Lipinski definition) is 6. The summed E-state index contributed by atoms with van der Waals surface area (Å²) >= 11 is 9.75. The summed E-state index contributed by atoms with van der Waals surface area (Å²) in [5, 5.41) is 0. The minimum absolute atomic E-state index is 0.0672. The van der Waals surface area contributed by atoms with Crippen molar-refractivity contribution in [1.82, 2.24) is 0 Å². The van der Waals surface area contributed by atoms with Crippen molar-refractivity contribution in [1.29, 1.82) is 0 Å². The number of benzene rings is 1. The SMILES string of the molecule is O=C(Oc1c(Br)cc(Br)cc1Br)C1CCCCC1C(=O)OC(CS(=O)(=O)O)C(F)(F)F. The van der Waals surface area contributed by atoms with E-state index in [2.05, 4.69) is 52.5 Å². The number of hydrogen-bond donors (Lipinski definition) is 1. The molecule has 1 aromatic carbocycles. The number of ether oxygens (including phenoxy) is 2. The molecule has 2 rings (SSSR count). The quantitative estimate of drug-likeness (QED) is 0.259. The lowest BCUT2D eigenvalue weighted by atomic mass is 9.79. The summed E-state index contributed by atoms with van der Waals surface area (Å²) in [5.41, 5.74) is 0. The first-order chi connectivity index (χ1) is 14.2. The van der Waals surface area contributed by atoms with E-state index < -0.39 is 51.9 Å². The molecule has 31 heavy (non-hydrogen) atoms. The third kappa shape index (κ3) is 7.69. The Morgan fingerprint density at radius 2 is 1.55 bits per heavy atom. The number of carbonyl (C=O) groups excluding carboxylic acids is 2. The molecule has 0 amide bonds. The molecular weight excluding hydrogens is 645 g/mol. The molecule has 0 heterocycles. The third-order valence-electron chi connectivity index (χ3n) is 4.52. The van der Waals surface area contributed by atoms with E-state index in [0.29, 0.717) is 26.3 Å². The second-order valence-corrected chi connectivity index (χ2v) is 11.0. The van der Waals surface area contributed by atoms with Crippen LogP contribution in [0.5, 0.6) is 5.75 Å². The zero-order valence-electron chi connectivity index (χ0n) is 15.5. The molecule has 1 aliphatic carbocycles. The Hall–Kier alpha value is -0.700. The standard InChI is InChI=1S/C17H16Br3F3O7S/c18-8-5-11(19)14(12(20)6-8)30-16(25)10-4-2-1-3-9(10)15(24)29-13(17(21,22)23)7-31(26,27)28/h5-6,9-10,13H,1-4,7H2,(H,26,27,28). The molecule has 1 fully saturated rings. The largest absolute Gasteiger partial charge is 0.451 e. The Morgan fingerprint density at radius 3 is 2.00 bits per heavy atom. The van der Waals surface area contributed by atoms with Crippen LogP contribution in [0.3, 0.4) is 0 Å². The summed E-state index contributed by atoms with van der Waals surface area (Å²) in [4.78, 5) is 25.2. The van der Waals surface area contributed by atoms with Gasteiger partial charge < -0.3 is 9.47 Å². The number of alkyl halides is 3. The second kappa shape index (κ2) is 10.5. The summed E-state index contributed by atoms with van der Waals surface area (Å²) in [6.07, 6.45) is -7.02. The Morgan fingerprint density at radius 1 is 1.06 bits per heavy atom. The van der Waals surface area contributed by atoms with Crippen molar-refractivity contribution < 1.29 is 45.2 Å². The smallest absolute Gasteiger partial charge is 0.426 e. The van der Waals surface area contributed by atoms with E-state index in [-0.39, 0.29) is 18.6 Å². The molecule has 0 aromatic heterocycles. The van der Waals surface area contributed by atoms with Crippen LogP contribution >= 0.6 is 47.8 Å². The molecule has 174 valence electrons. The number of halogens is 6. The lowest BCUT2D eigenvalue weighted by Crippen LogP contribution is -2.43. The minimum atomic E-state index is -5.22. The molecule has 0 aliphatic heterocycles. The highest BCUT2D eigenvalue weighted by Crippen LogP contribution is 2.39. The zero-order valence-corrected chi connectivity index (χ0v) is 21.1. The van der Waals surface area contributed by atoms with Gasteiger partial charge in [-0.2, -0.15) is 21.6 Å². The van der Waals surface area contributed by atoms with Crippen LogP contribution in [-0.2, 0) is 24.4 Å². The molecule has 7 nitrogen and oxygen atoms in total. The molecule has 1 aromatic rings. The van der Waals surface area contributed by atoms with Gasteiger partial charge in [0.1, 0.15) is 5.75 Å². The summed E-state index contributed by atoms with van der Waals surface area (Å²) in [5.74, 6) is -6.23. The fourth-order valence-corrected chi connectivity index (χ4v) is 6.17. The van der Waals surface area contributed by atoms with Gasteiger partial charge in [0, 0.05) is 4.47 Å². The van der Waals surface area contributed by atoms with Crippen molar-refractivity contribution in [2.75, 3.05) is 5.75 Å². The number of esters is 2. The molecule has 1 N–H and O–H groups in total. The van der Waals surface area contributed by atoms with E-state index in [0.717, 1.165) is 0 Å². The van der Waals surface area contributed by atoms with Gasteiger partial charge >= 0.3 is 18.1 Å². The van der Waals surface area contributed by atoms with Crippen LogP contribution in [0.15, 0.2) is 25.6 Å². The summed E-state index contributed by atoms with van der Waals surface area (Å²) < 4.78 is 81.1. The van der Waals surface area contributed by atoms with E-state index >= 15 is 0 Å². The Balaban J connectivity index is 2.21. The molecular formula is C17H16Br3F3O7S. The highest BCUT2D eigenvalue weighted by atomic mass is 79.9. The van der Waals surface area contributed by atoms with Gasteiger partial charge in [0.2, 0.25) is 6.10 Å². The lowest BCUT2D eigenvalue weighted by Gasteiger charge is -2.30. The van der Waals surface area contributed by atoms with Gasteiger partial charge in [0.05, 0.1) is 20.8 Å². The minimum Gasteiger partial charge on any atom is -0.451 e. The van der Waals surface area contributed by atoms with Gasteiger partial charge in [0.25, 0.3) is 10.1 Å². The van der Waals surface area contributed by atoms with E-state index in [4.69, 9.17) is 9.29 Å². The number of carbonyl (C=O) groups is 2. The molecule has 0 saturated heterocycles. The van der Waals surface area contributed by atoms with Crippen LogP contribution in [-0.4, -0.2) is 42.9 Å². The molecule has 1 saturated carbocycles. The van der Waals surface area contributed by atoms with Crippen LogP contribution in [0.4, 0.5) is 13.2 Å². The van der Waals surface area contributed by atoms with Crippen LogP contribution in [0.1, 0.15) is 25.7 Å². The summed E-state index contributed by atoms with van der Waals surface area (Å²) in [6.45, 7) is 0. The van der Waals surface area contributed by atoms with Crippen LogP contribution < -0.4 is 4.74 Å². The fourth-order valence-electron chi connectivity index (χ4n) is 3.11. The summed E-state index contributed by atoms with van der Waals surface area (Å²) in [7, 11) is -5.07. The predicted octanol–water partition coefficient (Wildman–Crippen LogP) is 5.05. The van der Waals surface area contributed by atoms with Gasteiger partial charge in [-0.05, 0) is 56.8 Å². The Kier molecular flexibility index (Phi) is 8.98. The summed E-state index contributed by atoms with van der Waals surface area (Å²) in [6, 6.07) is 3.23. The highest BCUT2D eigenvalue weighted by Gasteiger charge is 2.48. The Labute approximate surface area is 201 Å². The first kappa shape index (κ1) is 26.6. The van der Waals surface area contributed by atoms with Gasteiger partial charge in [-0.1, -0.05) is 28.8 Å². The van der Waals surface area contributed by atoms with Crippen LogP contribution in [0.25, 0.3) is 0 Å². The maximum absolute atomic E-state index is 13.1. The molecule has 0 radical (unpaired) electrons. The molecule has 0 bridgehead atoms. The number of rotatable bonds is 6. The van der Waals surface area contributed by atoms with Crippen molar-refractivity contribution >= 4 is 69.8 Å². The van der Waals surface area contributed by atoms with Crippen molar-refractivity contribution in [2.45, 2.75) is 38.0 Å². The van der Waals surface area contributed by atoms with Gasteiger partial charge in [-0.15, -0.1) is 0 Å². The predicted molar refractivity (Wildman–Crippen MR) is 113 cm³/mol.